The number of aromatic carboxylic acids is 1. The summed E-state index contributed by atoms with van der Waals surface area (Å²) in [5.41, 5.74) is 13.3. The highest BCUT2D eigenvalue weighted by atomic mass is 16.4. The molecule has 120 valence electrons. The number of carbonyl (C=O) groups is 2. The SMILES string of the molecule is Nc1ccc(C(=O)O)cc1NC(=O)[C@@H](N)CCc1ccccc1. The maximum Gasteiger partial charge on any atom is 0.335 e. The van der Waals surface area contributed by atoms with Gasteiger partial charge in [0.25, 0.3) is 0 Å². The molecule has 0 bridgehead atoms. The predicted octanol–water partition coefficient (Wildman–Crippen LogP) is 1.87. The molecule has 0 saturated heterocycles. The van der Waals surface area contributed by atoms with Crippen molar-refractivity contribution < 1.29 is 14.7 Å². The molecule has 2 aromatic rings. The van der Waals surface area contributed by atoms with Gasteiger partial charge in [-0.25, -0.2) is 4.79 Å². The Labute approximate surface area is 134 Å². The third kappa shape index (κ3) is 4.55. The van der Waals surface area contributed by atoms with E-state index in [1.807, 2.05) is 30.3 Å². The van der Waals surface area contributed by atoms with E-state index in [4.69, 9.17) is 16.6 Å². The lowest BCUT2D eigenvalue weighted by atomic mass is 10.1. The lowest BCUT2D eigenvalue weighted by Gasteiger charge is -2.14. The van der Waals surface area contributed by atoms with Crippen molar-refractivity contribution in [2.75, 3.05) is 11.1 Å². The summed E-state index contributed by atoms with van der Waals surface area (Å²) in [7, 11) is 0. The minimum absolute atomic E-state index is 0.0485. The number of nitrogens with one attached hydrogen (secondary N) is 1. The van der Waals surface area contributed by atoms with Gasteiger partial charge >= 0.3 is 5.97 Å². The summed E-state index contributed by atoms with van der Waals surface area (Å²) < 4.78 is 0. The number of carboxylic acids is 1. The molecule has 0 aromatic heterocycles. The summed E-state index contributed by atoms with van der Waals surface area (Å²) in [5.74, 6) is -1.48. The standard InChI is InChI=1S/C17H19N3O3/c18-13-9-7-12(17(22)23)10-15(13)20-16(21)14(19)8-6-11-4-2-1-3-5-11/h1-5,7,9-10,14H,6,8,18-19H2,(H,20,21)(H,22,23)/t14-/m0/s1. The zero-order valence-electron chi connectivity index (χ0n) is 12.5. The predicted molar refractivity (Wildman–Crippen MR) is 89.2 cm³/mol. The van der Waals surface area contributed by atoms with Crippen molar-refractivity contribution in [3.05, 3.63) is 59.7 Å². The van der Waals surface area contributed by atoms with Crippen molar-refractivity contribution in [1.29, 1.82) is 0 Å². The smallest absolute Gasteiger partial charge is 0.335 e. The molecule has 0 aliphatic carbocycles. The lowest BCUT2D eigenvalue weighted by molar-refractivity contribution is -0.117. The van der Waals surface area contributed by atoms with Gasteiger partial charge in [-0.2, -0.15) is 0 Å². The highest BCUT2D eigenvalue weighted by Gasteiger charge is 2.16. The van der Waals surface area contributed by atoms with Gasteiger partial charge in [-0.1, -0.05) is 30.3 Å². The Kier molecular flexibility index (Phi) is 5.32. The summed E-state index contributed by atoms with van der Waals surface area (Å²) in [6.45, 7) is 0. The number of benzene rings is 2. The summed E-state index contributed by atoms with van der Waals surface area (Å²) in [4.78, 5) is 23.1. The average Bonchev–Trinajstić information content (AvgIpc) is 2.55. The number of anilines is 2. The second-order valence-electron chi connectivity index (χ2n) is 5.23. The van der Waals surface area contributed by atoms with Crippen molar-refractivity contribution in [2.24, 2.45) is 5.73 Å². The first kappa shape index (κ1) is 16.5. The molecule has 2 aromatic carbocycles. The Balaban J connectivity index is 1.98. The van der Waals surface area contributed by atoms with Gasteiger partial charge in [0.05, 0.1) is 23.0 Å². The van der Waals surface area contributed by atoms with Crippen LogP contribution in [0.3, 0.4) is 0 Å². The number of carbonyl (C=O) groups excluding carboxylic acids is 1. The van der Waals surface area contributed by atoms with Crippen LogP contribution in [-0.2, 0) is 11.2 Å². The number of nitrogen functional groups attached to an aromatic ring is 1. The van der Waals surface area contributed by atoms with E-state index in [1.165, 1.54) is 18.2 Å². The number of aryl methyl sites for hydroxylation is 1. The van der Waals surface area contributed by atoms with Gasteiger partial charge in [0.1, 0.15) is 0 Å². The van der Waals surface area contributed by atoms with Crippen LogP contribution in [0.1, 0.15) is 22.3 Å². The largest absolute Gasteiger partial charge is 0.478 e. The fourth-order valence-electron chi connectivity index (χ4n) is 2.12. The molecule has 1 atom stereocenters. The van der Waals surface area contributed by atoms with E-state index < -0.39 is 17.9 Å². The molecule has 0 radical (unpaired) electrons. The molecule has 6 nitrogen and oxygen atoms in total. The van der Waals surface area contributed by atoms with Gasteiger partial charge in [0.2, 0.25) is 5.91 Å². The van der Waals surface area contributed by atoms with Crippen LogP contribution in [0.15, 0.2) is 48.5 Å². The maximum absolute atomic E-state index is 12.1. The Morgan fingerprint density at radius 2 is 1.83 bits per heavy atom. The van der Waals surface area contributed by atoms with E-state index in [0.717, 1.165) is 5.56 Å². The monoisotopic (exact) mass is 313 g/mol. The number of carboxylic acid groups (broad SMARTS) is 1. The van der Waals surface area contributed by atoms with Crippen LogP contribution in [0, 0.1) is 0 Å². The minimum Gasteiger partial charge on any atom is -0.478 e. The van der Waals surface area contributed by atoms with Crippen LogP contribution in [0.2, 0.25) is 0 Å². The third-order valence-corrected chi connectivity index (χ3v) is 3.48. The van der Waals surface area contributed by atoms with Crippen LogP contribution in [0.25, 0.3) is 0 Å². The second kappa shape index (κ2) is 7.42. The summed E-state index contributed by atoms with van der Waals surface area (Å²) in [6.07, 6.45) is 1.16. The van der Waals surface area contributed by atoms with Gasteiger partial charge in [-0.3, -0.25) is 4.79 Å². The second-order valence-corrected chi connectivity index (χ2v) is 5.23. The molecule has 1 amide bonds. The number of rotatable bonds is 6. The molecule has 23 heavy (non-hydrogen) atoms. The highest BCUT2D eigenvalue weighted by molar-refractivity contribution is 5.99. The molecular weight excluding hydrogens is 294 g/mol. The van der Waals surface area contributed by atoms with E-state index in [1.54, 1.807) is 0 Å². The molecule has 0 unspecified atom stereocenters. The van der Waals surface area contributed by atoms with E-state index in [-0.39, 0.29) is 11.3 Å². The highest BCUT2D eigenvalue weighted by Crippen LogP contribution is 2.20. The number of nitrogens with two attached hydrogens (primary N) is 2. The fraction of sp³-hybridized carbons (Fsp3) is 0.176. The first-order valence-electron chi connectivity index (χ1n) is 7.20. The molecule has 0 aliphatic rings. The van der Waals surface area contributed by atoms with Crippen LogP contribution in [-0.4, -0.2) is 23.0 Å². The van der Waals surface area contributed by atoms with E-state index in [2.05, 4.69) is 5.32 Å². The van der Waals surface area contributed by atoms with Crippen molar-refractivity contribution in [2.45, 2.75) is 18.9 Å². The van der Waals surface area contributed by atoms with Gasteiger partial charge in [0.15, 0.2) is 0 Å². The summed E-state index contributed by atoms with van der Waals surface area (Å²) >= 11 is 0. The van der Waals surface area contributed by atoms with E-state index in [9.17, 15) is 9.59 Å². The molecule has 2 rings (SSSR count). The Morgan fingerprint density at radius 3 is 2.48 bits per heavy atom. The Bertz CT molecular complexity index is 701. The van der Waals surface area contributed by atoms with Crippen molar-refractivity contribution in [1.82, 2.24) is 0 Å². The lowest BCUT2D eigenvalue weighted by Crippen LogP contribution is -2.36. The quantitative estimate of drug-likeness (QED) is 0.607. The van der Waals surface area contributed by atoms with Crippen molar-refractivity contribution >= 4 is 23.3 Å². The maximum atomic E-state index is 12.1. The molecule has 0 fully saturated rings. The minimum atomic E-state index is -1.09. The number of amides is 1. The average molecular weight is 313 g/mol. The zero-order chi connectivity index (χ0) is 16.8. The van der Waals surface area contributed by atoms with Crippen LogP contribution < -0.4 is 16.8 Å². The molecule has 6 heteroatoms. The van der Waals surface area contributed by atoms with Gasteiger partial charge in [-0.15, -0.1) is 0 Å². The van der Waals surface area contributed by atoms with Crippen molar-refractivity contribution in [3.63, 3.8) is 0 Å². The topological polar surface area (TPSA) is 118 Å². The molecule has 6 N–H and O–H groups in total. The molecule has 0 heterocycles. The first-order chi connectivity index (χ1) is 11.0. The fourth-order valence-corrected chi connectivity index (χ4v) is 2.12. The van der Waals surface area contributed by atoms with Gasteiger partial charge in [0, 0.05) is 0 Å². The number of hydrogen-bond acceptors (Lipinski definition) is 4. The van der Waals surface area contributed by atoms with Crippen LogP contribution in [0.4, 0.5) is 11.4 Å². The zero-order valence-corrected chi connectivity index (χ0v) is 12.5. The Hall–Kier alpha value is -2.86. The Morgan fingerprint density at radius 1 is 1.13 bits per heavy atom. The molecular formula is C17H19N3O3. The number of hydrogen-bond donors (Lipinski definition) is 4. The molecule has 0 aliphatic heterocycles. The van der Waals surface area contributed by atoms with Crippen LogP contribution in [0.5, 0.6) is 0 Å². The van der Waals surface area contributed by atoms with E-state index in [0.29, 0.717) is 18.5 Å². The summed E-state index contributed by atoms with van der Waals surface area (Å²) in [5, 5.41) is 11.6. The van der Waals surface area contributed by atoms with Gasteiger partial charge < -0.3 is 21.9 Å². The van der Waals surface area contributed by atoms with E-state index >= 15 is 0 Å². The molecule has 0 spiro atoms. The van der Waals surface area contributed by atoms with Gasteiger partial charge in [-0.05, 0) is 36.6 Å². The first-order valence-corrected chi connectivity index (χ1v) is 7.20. The molecule has 0 saturated carbocycles. The van der Waals surface area contributed by atoms with Crippen LogP contribution >= 0.6 is 0 Å². The van der Waals surface area contributed by atoms with Crippen molar-refractivity contribution in [3.8, 4) is 0 Å². The summed E-state index contributed by atoms with van der Waals surface area (Å²) in [6, 6.07) is 13.2. The third-order valence-electron chi connectivity index (χ3n) is 3.48. The normalized spacial score (nSPS) is 11.7.